The van der Waals surface area contributed by atoms with Crippen LogP contribution in [0.5, 0.6) is 11.5 Å². The lowest BCUT2D eigenvalue weighted by molar-refractivity contribution is -0.192. The van der Waals surface area contributed by atoms with E-state index in [0.717, 1.165) is 10.2 Å². The molecule has 4 rings (SSSR count). The van der Waals surface area contributed by atoms with Crippen LogP contribution in [0, 0.1) is 11.2 Å². The maximum absolute atomic E-state index is 15.3. The molecule has 0 aliphatic rings. The summed E-state index contributed by atoms with van der Waals surface area (Å²) in [6, 6.07) is 13.0. The van der Waals surface area contributed by atoms with Crippen LogP contribution in [-0.4, -0.2) is 57.1 Å². The first-order valence-electron chi connectivity index (χ1n) is 11.8. The number of H-pyrrole nitrogens is 1. The number of anilines is 1. The monoisotopic (exact) mass is 591 g/mol. The molecule has 2 aromatic carbocycles. The second kappa shape index (κ2) is 12.8. The van der Waals surface area contributed by atoms with Gasteiger partial charge in [0.1, 0.15) is 17.5 Å². The van der Waals surface area contributed by atoms with E-state index >= 15 is 4.39 Å². The molecular formula is C26H25F4N7O5. The second-order valence-corrected chi connectivity index (χ2v) is 8.54. The third-order valence-corrected chi connectivity index (χ3v) is 5.81. The number of pyridine rings is 1. The molecule has 7 N–H and O–H groups in total. The van der Waals surface area contributed by atoms with E-state index in [9.17, 15) is 18.0 Å². The average Bonchev–Trinajstić information content (AvgIpc) is 3.32. The van der Waals surface area contributed by atoms with Crippen molar-refractivity contribution in [3.63, 3.8) is 0 Å². The Bertz CT molecular complexity index is 1640. The molecule has 1 unspecified atom stereocenters. The zero-order valence-corrected chi connectivity index (χ0v) is 22.1. The molecule has 0 radical (unpaired) electrons. The quantitative estimate of drug-likeness (QED) is 0.116. The molecule has 0 fully saturated rings. The van der Waals surface area contributed by atoms with Gasteiger partial charge in [0.25, 0.3) is 0 Å². The lowest BCUT2D eigenvalue weighted by atomic mass is 9.90. The number of aromatic nitrogens is 4. The normalized spacial score (nSPS) is 11.7. The Hall–Kier alpha value is -5.41. The number of carbonyl (C=O) groups is 1. The fourth-order valence-corrected chi connectivity index (χ4v) is 3.77. The second-order valence-electron chi connectivity index (χ2n) is 8.54. The summed E-state index contributed by atoms with van der Waals surface area (Å²) in [5.74, 6) is -3.14. The molecule has 2 aromatic heterocycles. The highest BCUT2D eigenvalue weighted by atomic mass is 19.4. The van der Waals surface area contributed by atoms with Gasteiger partial charge in [-0.05, 0) is 30.2 Å². The number of carboxylic acid groups (broad SMARTS) is 1. The van der Waals surface area contributed by atoms with Crippen molar-refractivity contribution in [2.45, 2.75) is 18.5 Å². The van der Waals surface area contributed by atoms with Crippen molar-refractivity contribution in [3.05, 3.63) is 93.5 Å². The number of nitrogens with zero attached hydrogens (tertiary/aromatic N) is 3. The van der Waals surface area contributed by atoms with Crippen molar-refractivity contribution >= 4 is 17.5 Å². The molecule has 0 spiro atoms. The summed E-state index contributed by atoms with van der Waals surface area (Å²) in [6.07, 6.45) is -3.32. The van der Waals surface area contributed by atoms with Crippen LogP contribution in [0.15, 0.2) is 59.5 Å². The Balaban J connectivity index is 0.000000616. The van der Waals surface area contributed by atoms with Crippen LogP contribution in [-0.2, 0) is 11.2 Å². The minimum absolute atomic E-state index is 0.0601. The number of nitrogens with one attached hydrogen (secondary N) is 2. The summed E-state index contributed by atoms with van der Waals surface area (Å²) < 4.78 is 58.7. The van der Waals surface area contributed by atoms with Crippen molar-refractivity contribution in [2.75, 3.05) is 20.0 Å². The minimum Gasteiger partial charge on any atom is -0.493 e. The molecule has 16 heteroatoms. The van der Waals surface area contributed by atoms with Crippen molar-refractivity contribution in [1.29, 1.82) is 5.41 Å². The number of methoxy groups -OCH3 is 2. The molecule has 2 heterocycles. The number of aromatic amines is 1. The maximum Gasteiger partial charge on any atom is 0.490 e. The molecule has 4 aromatic rings. The first-order chi connectivity index (χ1) is 19.8. The van der Waals surface area contributed by atoms with Gasteiger partial charge in [-0.2, -0.15) is 17.9 Å². The van der Waals surface area contributed by atoms with Crippen LogP contribution in [0.1, 0.15) is 28.4 Å². The lowest BCUT2D eigenvalue weighted by Crippen LogP contribution is -2.21. The third kappa shape index (κ3) is 7.21. The number of benzene rings is 2. The minimum atomic E-state index is -5.08. The van der Waals surface area contributed by atoms with Gasteiger partial charge in [-0.3, -0.25) is 10.4 Å². The molecular weight excluding hydrogens is 566 g/mol. The van der Waals surface area contributed by atoms with Crippen LogP contribution in [0.4, 0.5) is 23.2 Å². The Kier molecular flexibility index (Phi) is 9.51. The highest BCUT2D eigenvalue weighted by molar-refractivity contribution is 5.94. The molecule has 12 nitrogen and oxygen atoms in total. The van der Waals surface area contributed by atoms with Gasteiger partial charge in [0.2, 0.25) is 0 Å². The van der Waals surface area contributed by atoms with Gasteiger partial charge >= 0.3 is 17.8 Å². The number of hydrogen-bond acceptors (Lipinski definition) is 8. The third-order valence-electron chi connectivity index (χ3n) is 5.81. The number of alkyl halides is 3. The van der Waals surface area contributed by atoms with Crippen LogP contribution in [0.2, 0.25) is 0 Å². The van der Waals surface area contributed by atoms with Gasteiger partial charge in [0.05, 0.1) is 25.8 Å². The summed E-state index contributed by atoms with van der Waals surface area (Å²) in [6.45, 7) is 0. The van der Waals surface area contributed by atoms with Crippen LogP contribution in [0.3, 0.4) is 0 Å². The first-order valence-corrected chi connectivity index (χ1v) is 11.8. The number of carboxylic acids is 1. The number of rotatable bonds is 8. The number of nitrogens with two attached hydrogens (primary N) is 2. The number of nitrogen functional groups attached to an aromatic ring is 2. The van der Waals surface area contributed by atoms with E-state index in [1.54, 1.807) is 36.4 Å². The van der Waals surface area contributed by atoms with Crippen molar-refractivity contribution in [3.8, 4) is 17.3 Å². The molecule has 1 atom stereocenters. The molecule has 42 heavy (non-hydrogen) atoms. The van der Waals surface area contributed by atoms with E-state index in [1.165, 1.54) is 32.5 Å². The molecule has 0 bridgehead atoms. The van der Waals surface area contributed by atoms with Crippen LogP contribution < -0.4 is 26.6 Å². The van der Waals surface area contributed by atoms with Crippen LogP contribution in [0.25, 0.3) is 5.82 Å². The lowest BCUT2D eigenvalue weighted by Gasteiger charge is -2.18. The molecule has 0 aliphatic heterocycles. The van der Waals surface area contributed by atoms with E-state index in [0.29, 0.717) is 11.3 Å². The summed E-state index contributed by atoms with van der Waals surface area (Å²) in [5, 5.41) is 19.1. The molecule has 0 saturated heterocycles. The van der Waals surface area contributed by atoms with E-state index in [2.05, 4.69) is 15.1 Å². The largest absolute Gasteiger partial charge is 0.493 e. The number of halogens is 4. The fourth-order valence-electron chi connectivity index (χ4n) is 3.77. The Labute approximate surface area is 235 Å². The van der Waals surface area contributed by atoms with Crippen molar-refractivity contribution < 1.29 is 36.9 Å². The number of amidine groups is 1. The van der Waals surface area contributed by atoms with E-state index in [4.69, 9.17) is 36.3 Å². The Morgan fingerprint density at radius 2 is 1.74 bits per heavy atom. The Morgan fingerprint density at radius 1 is 1.14 bits per heavy atom. The molecule has 222 valence electrons. The van der Waals surface area contributed by atoms with Crippen molar-refractivity contribution in [1.82, 2.24) is 19.7 Å². The average molecular weight is 592 g/mol. The number of aliphatic carboxylic acids is 1. The highest BCUT2D eigenvalue weighted by Crippen LogP contribution is 2.36. The van der Waals surface area contributed by atoms with E-state index in [-0.39, 0.29) is 40.9 Å². The highest BCUT2D eigenvalue weighted by Gasteiger charge is 2.38. The van der Waals surface area contributed by atoms with Crippen molar-refractivity contribution in [2.24, 2.45) is 5.73 Å². The standard InChI is InChI=1S/C24H24FN7O3.C2HF3O2/c1-34-19-11-15(17(25)12-20(19)35-2)16(10-13-5-7-14(8-6-13)21(27)28)22-30-24(33)32(31-22)23-18(26)4-3-9-29-23;3-2(4,5)1(6)7/h3-9,11-12,16H,10,26H2,1-2H3,(H3,27,28)(H,30,31,33);(H,6,7). The van der Waals surface area contributed by atoms with E-state index in [1.807, 2.05) is 0 Å². The predicted molar refractivity (Wildman–Crippen MR) is 143 cm³/mol. The zero-order chi connectivity index (χ0) is 31.2. The summed E-state index contributed by atoms with van der Waals surface area (Å²) in [7, 11) is 2.87. The Morgan fingerprint density at radius 3 is 2.26 bits per heavy atom. The first kappa shape index (κ1) is 31.1. The van der Waals surface area contributed by atoms with Gasteiger partial charge in [0, 0.05) is 23.4 Å². The SMILES string of the molecule is COc1cc(F)c(C(Cc2ccc(C(=N)N)cc2)c2nn(-c3ncccc3N)c(=O)[nH]2)cc1OC.O=C(O)C(F)(F)F. The van der Waals surface area contributed by atoms with Gasteiger partial charge in [-0.1, -0.05) is 24.3 Å². The van der Waals surface area contributed by atoms with Crippen LogP contribution >= 0.6 is 0 Å². The number of ether oxygens (including phenoxy) is 2. The fraction of sp³-hybridized carbons (Fsp3) is 0.192. The van der Waals surface area contributed by atoms with E-state index < -0.39 is 29.6 Å². The van der Waals surface area contributed by atoms with Gasteiger partial charge < -0.3 is 26.0 Å². The molecule has 0 saturated carbocycles. The zero-order valence-electron chi connectivity index (χ0n) is 22.1. The summed E-state index contributed by atoms with van der Waals surface area (Å²) in [4.78, 5) is 28.5. The van der Waals surface area contributed by atoms with Gasteiger partial charge in [-0.25, -0.2) is 19.0 Å². The number of hydrogen-bond donors (Lipinski definition) is 5. The van der Waals surface area contributed by atoms with Gasteiger partial charge in [0.15, 0.2) is 17.3 Å². The summed E-state index contributed by atoms with van der Waals surface area (Å²) >= 11 is 0. The van der Waals surface area contributed by atoms with Gasteiger partial charge in [-0.15, -0.1) is 5.10 Å². The predicted octanol–water partition coefficient (Wildman–Crippen LogP) is 2.99. The maximum atomic E-state index is 15.3. The smallest absolute Gasteiger partial charge is 0.490 e. The molecule has 0 amide bonds. The summed E-state index contributed by atoms with van der Waals surface area (Å²) in [5.41, 5.74) is 12.8. The topological polar surface area (TPSA) is 195 Å². The molecule has 0 aliphatic carbocycles.